The van der Waals surface area contributed by atoms with Crippen LogP contribution in [0.25, 0.3) is 11.2 Å². The van der Waals surface area contributed by atoms with Gasteiger partial charge in [-0.3, -0.25) is 0 Å². The number of nitrogens with two attached hydrogens (primary N) is 1. The molecule has 0 aliphatic heterocycles. The van der Waals surface area contributed by atoms with E-state index in [1.807, 2.05) is 19.9 Å². The number of thiophene rings is 1. The Morgan fingerprint density at radius 3 is 2.90 bits per heavy atom. The zero-order valence-electron chi connectivity index (χ0n) is 12.0. The van der Waals surface area contributed by atoms with Crippen molar-refractivity contribution < 1.29 is 0 Å². The Morgan fingerprint density at radius 2 is 2.24 bits per heavy atom. The zero-order valence-corrected chi connectivity index (χ0v) is 13.6. The highest BCUT2D eigenvalue weighted by Gasteiger charge is 2.19. The van der Waals surface area contributed by atoms with E-state index in [0.717, 1.165) is 23.4 Å². The molecule has 3 rings (SSSR count). The van der Waals surface area contributed by atoms with Crippen molar-refractivity contribution in [1.29, 1.82) is 0 Å². The standard InChI is InChI=1S/C15H17ClN4S/c1-15(2,17)9-20-13(7-11-4-3-5-21-11)19-12-6-10(16)8-18-14(12)20/h3-6,8H,7,9,17H2,1-2H3. The van der Waals surface area contributed by atoms with E-state index < -0.39 is 0 Å². The fraction of sp³-hybridized carbons (Fsp3) is 0.333. The normalized spacial score (nSPS) is 12.2. The van der Waals surface area contributed by atoms with Crippen LogP contribution in [-0.4, -0.2) is 20.1 Å². The van der Waals surface area contributed by atoms with Crippen molar-refractivity contribution in [2.24, 2.45) is 5.73 Å². The number of fused-ring (bicyclic) bond motifs is 1. The van der Waals surface area contributed by atoms with Crippen LogP contribution < -0.4 is 5.73 Å². The van der Waals surface area contributed by atoms with Gasteiger partial charge in [-0.2, -0.15) is 0 Å². The molecule has 0 aliphatic carbocycles. The largest absolute Gasteiger partial charge is 0.324 e. The van der Waals surface area contributed by atoms with E-state index in [0.29, 0.717) is 11.6 Å². The molecule has 0 saturated carbocycles. The monoisotopic (exact) mass is 320 g/mol. The van der Waals surface area contributed by atoms with Gasteiger partial charge in [-0.25, -0.2) is 9.97 Å². The number of hydrogen-bond acceptors (Lipinski definition) is 4. The second-order valence-electron chi connectivity index (χ2n) is 5.86. The number of hydrogen-bond donors (Lipinski definition) is 1. The lowest BCUT2D eigenvalue weighted by molar-refractivity contribution is 0.432. The van der Waals surface area contributed by atoms with E-state index in [4.69, 9.17) is 22.3 Å². The van der Waals surface area contributed by atoms with E-state index in [-0.39, 0.29) is 5.54 Å². The number of imidazole rings is 1. The van der Waals surface area contributed by atoms with Gasteiger partial charge in [0.1, 0.15) is 11.3 Å². The molecule has 3 aromatic rings. The Bertz CT molecular complexity index is 756. The predicted octanol–water partition coefficient (Wildman–Crippen LogP) is 3.47. The smallest absolute Gasteiger partial charge is 0.160 e. The summed E-state index contributed by atoms with van der Waals surface area (Å²) in [5.41, 5.74) is 7.51. The third kappa shape index (κ3) is 3.26. The van der Waals surface area contributed by atoms with Crippen LogP contribution in [0.4, 0.5) is 0 Å². The SMILES string of the molecule is CC(C)(N)Cn1c(Cc2cccs2)nc2cc(Cl)cnc21. The van der Waals surface area contributed by atoms with Gasteiger partial charge in [0, 0.05) is 29.6 Å². The average Bonchev–Trinajstić information content (AvgIpc) is 2.97. The Balaban J connectivity index is 2.10. The van der Waals surface area contributed by atoms with Gasteiger partial charge in [-0.1, -0.05) is 17.7 Å². The van der Waals surface area contributed by atoms with E-state index >= 15 is 0 Å². The highest BCUT2D eigenvalue weighted by atomic mass is 35.5. The molecule has 3 aromatic heterocycles. The number of pyridine rings is 1. The van der Waals surface area contributed by atoms with Crippen LogP contribution in [0.15, 0.2) is 29.8 Å². The van der Waals surface area contributed by atoms with E-state index in [2.05, 4.69) is 27.1 Å². The molecule has 4 nitrogen and oxygen atoms in total. The third-order valence-corrected chi connectivity index (χ3v) is 4.19. The second kappa shape index (κ2) is 5.40. The molecule has 0 amide bonds. The van der Waals surface area contributed by atoms with Crippen LogP contribution in [0.2, 0.25) is 5.02 Å². The molecule has 0 bridgehead atoms. The van der Waals surface area contributed by atoms with Gasteiger partial charge in [-0.05, 0) is 31.4 Å². The molecular weight excluding hydrogens is 304 g/mol. The first-order valence-corrected chi connectivity index (χ1v) is 8.00. The average molecular weight is 321 g/mol. The minimum absolute atomic E-state index is 0.334. The van der Waals surface area contributed by atoms with Crippen LogP contribution >= 0.6 is 22.9 Å². The lowest BCUT2D eigenvalue weighted by atomic mass is 10.1. The van der Waals surface area contributed by atoms with Gasteiger partial charge in [-0.15, -0.1) is 11.3 Å². The maximum Gasteiger partial charge on any atom is 0.160 e. The van der Waals surface area contributed by atoms with Crippen molar-refractivity contribution in [2.45, 2.75) is 32.4 Å². The van der Waals surface area contributed by atoms with Crippen molar-refractivity contribution >= 4 is 34.1 Å². The van der Waals surface area contributed by atoms with Gasteiger partial charge < -0.3 is 10.3 Å². The Hall–Kier alpha value is -1.43. The molecule has 3 heterocycles. The second-order valence-corrected chi connectivity index (χ2v) is 7.32. The third-order valence-electron chi connectivity index (χ3n) is 3.11. The zero-order chi connectivity index (χ0) is 15.0. The van der Waals surface area contributed by atoms with E-state index in [1.54, 1.807) is 17.5 Å². The van der Waals surface area contributed by atoms with Crippen molar-refractivity contribution in [1.82, 2.24) is 14.5 Å². The van der Waals surface area contributed by atoms with Crippen molar-refractivity contribution in [3.8, 4) is 0 Å². The predicted molar refractivity (Wildman–Crippen MR) is 87.9 cm³/mol. The van der Waals surface area contributed by atoms with Gasteiger partial charge >= 0.3 is 0 Å². The molecule has 0 saturated heterocycles. The maximum absolute atomic E-state index is 6.19. The van der Waals surface area contributed by atoms with E-state index in [9.17, 15) is 0 Å². The lowest BCUT2D eigenvalue weighted by Crippen LogP contribution is -2.37. The van der Waals surface area contributed by atoms with Crippen LogP contribution in [0, 0.1) is 0 Å². The van der Waals surface area contributed by atoms with Crippen LogP contribution in [-0.2, 0) is 13.0 Å². The van der Waals surface area contributed by atoms with Crippen molar-refractivity contribution in [3.63, 3.8) is 0 Å². The van der Waals surface area contributed by atoms with Crippen LogP contribution in [0.3, 0.4) is 0 Å². The maximum atomic E-state index is 6.19. The highest BCUT2D eigenvalue weighted by molar-refractivity contribution is 7.09. The summed E-state index contributed by atoms with van der Waals surface area (Å²) in [5, 5.41) is 2.67. The van der Waals surface area contributed by atoms with Gasteiger partial charge in [0.25, 0.3) is 0 Å². The minimum atomic E-state index is -0.334. The fourth-order valence-electron chi connectivity index (χ4n) is 2.31. The summed E-state index contributed by atoms with van der Waals surface area (Å²) in [6.45, 7) is 4.67. The first-order chi connectivity index (χ1) is 9.92. The summed E-state index contributed by atoms with van der Waals surface area (Å²) in [5.74, 6) is 0.973. The first kappa shape index (κ1) is 14.5. The molecule has 0 atom stereocenters. The van der Waals surface area contributed by atoms with Crippen molar-refractivity contribution in [3.05, 3.63) is 45.5 Å². The molecule has 0 aromatic carbocycles. The first-order valence-electron chi connectivity index (χ1n) is 6.74. The van der Waals surface area contributed by atoms with Gasteiger partial charge in [0.15, 0.2) is 5.65 Å². The fourth-order valence-corrected chi connectivity index (χ4v) is 3.16. The quantitative estimate of drug-likeness (QED) is 0.800. The molecule has 0 unspecified atom stereocenters. The van der Waals surface area contributed by atoms with Crippen molar-refractivity contribution in [2.75, 3.05) is 0 Å². The molecule has 0 aliphatic rings. The van der Waals surface area contributed by atoms with Gasteiger partial charge in [0.2, 0.25) is 0 Å². The van der Waals surface area contributed by atoms with E-state index in [1.165, 1.54) is 4.88 Å². The summed E-state index contributed by atoms with van der Waals surface area (Å²) in [6, 6.07) is 6.01. The number of rotatable bonds is 4. The summed E-state index contributed by atoms with van der Waals surface area (Å²) in [7, 11) is 0. The molecule has 6 heteroatoms. The topological polar surface area (TPSA) is 56.7 Å². The molecule has 0 spiro atoms. The molecule has 0 radical (unpaired) electrons. The molecule has 0 fully saturated rings. The molecular formula is C15H17ClN4S. The Morgan fingerprint density at radius 1 is 1.43 bits per heavy atom. The minimum Gasteiger partial charge on any atom is -0.324 e. The molecule has 110 valence electrons. The van der Waals surface area contributed by atoms with Crippen LogP contribution in [0.5, 0.6) is 0 Å². The van der Waals surface area contributed by atoms with Gasteiger partial charge in [0.05, 0.1) is 5.02 Å². The van der Waals surface area contributed by atoms with Crippen LogP contribution in [0.1, 0.15) is 24.5 Å². The Labute approximate surface area is 132 Å². The summed E-state index contributed by atoms with van der Waals surface area (Å²) in [6.07, 6.45) is 2.43. The summed E-state index contributed by atoms with van der Waals surface area (Å²) < 4.78 is 2.10. The number of aromatic nitrogens is 3. The number of nitrogens with zero attached hydrogens (tertiary/aromatic N) is 3. The summed E-state index contributed by atoms with van der Waals surface area (Å²) in [4.78, 5) is 10.4. The summed E-state index contributed by atoms with van der Waals surface area (Å²) >= 11 is 7.75. The Kier molecular flexibility index (Phi) is 3.73. The lowest BCUT2D eigenvalue weighted by Gasteiger charge is -2.20. The molecule has 21 heavy (non-hydrogen) atoms. The highest BCUT2D eigenvalue weighted by Crippen LogP contribution is 2.22. The molecule has 2 N–H and O–H groups in total. The number of halogens is 1.